The number of nitrogens with zero attached hydrogens (tertiary/aromatic N) is 4. The fourth-order valence-electron chi connectivity index (χ4n) is 2.85. The number of carbonyl (C=O) groups excluding carboxylic acids is 1. The van der Waals surface area contributed by atoms with Crippen LogP contribution in [0.3, 0.4) is 0 Å². The molecule has 0 aliphatic carbocycles. The molecule has 0 radical (unpaired) electrons. The minimum atomic E-state index is -0.512. The van der Waals surface area contributed by atoms with Gasteiger partial charge in [-0.2, -0.15) is 4.98 Å². The predicted molar refractivity (Wildman–Crippen MR) is 89.8 cm³/mol. The van der Waals surface area contributed by atoms with Crippen LogP contribution in [0.2, 0.25) is 0 Å². The zero-order chi connectivity index (χ0) is 17.3. The van der Waals surface area contributed by atoms with Gasteiger partial charge >= 0.3 is 0 Å². The van der Waals surface area contributed by atoms with E-state index in [9.17, 15) is 9.59 Å². The van der Waals surface area contributed by atoms with Crippen LogP contribution in [-0.4, -0.2) is 58.8 Å². The Balaban J connectivity index is 1.57. The van der Waals surface area contributed by atoms with Crippen molar-refractivity contribution in [2.45, 2.75) is 26.4 Å². The molecule has 0 aromatic carbocycles. The fraction of sp³-hybridized carbons (Fsp3) is 0.600. The molecule has 9 nitrogen and oxygen atoms in total. The van der Waals surface area contributed by atoms with E-state index < -0.39 is 6.10 Å². The van der Waals surface area contributed by atoms with E-state index in [-0.39, 0.29) is 23.3 Å². The van der Waals surface area contributed by atoms with Crippen molar-refractivity contribution in [3.8, 4) is 0 Å². The molecule has 3 rings (SSSR count). The summed E-state index contributed by atoms with van der Waals surface area (Å²) in [6.07, 6.45) is 0.0466. The minimum Gasteiger partial charge on any atom is -0.382 e. The van der Waals surface area contributed by atoms with Gasteiger partial charge in [0.2, 0.25) is 12.1 Å². The summed E-state index contributed by atoms with van der Waals surface area (Å²) in [5.74, 6) is 0.874. The Morgan fingerprint density at radius 2 is 2.08 bits per heavy atom. The van der Waals surface area contributed by atoms with Gasteiger partial charge in [0.05, 0.1) is 5.71 Å². The number of piperazine rings is 1. The third-order valence-corrected chi connectivity index (χ3v) is 4.30. The Morgan fingerprint density at radius 3 is 2.67 bits per heavy atom. The summed E-state index contributed by atoms with van der Waals surface area (Å²) < 4.78 is 0. The first kappa shape index (κ1) is 16.3. The van der Waals surface area contributed by atoms with Crippen molar-refractivity contribution in [2.24, 2.45) is 11.1 Å². The molecule has 9 heteroatoms. The minimum absolute atomic E-state index is 0.0348. The molecular weight excluding hydrogens is 312 g/mol. The Bertz CT molecular complexity index is 705. The quantitative estimate of drug-likeness (QED) is 0.791. The zero-order valence-electron chi connectivity index (χ0n) is 13.9. The number of nitrogens with one attached hydrogen (secondary N) is 1. The van der Waals surface area contributed by atoms with E-state index in [0.29, 0.717) is 38.4 Å². The van der Waals surface area contributed by atoms with Crippen LogP contribution < -0.4 is 16.2 Å². The largest absolute Gasteiger partial charge is 0.382 e. The van der Waals surface area contributed by atoms with E-state index in [1.165, 1.54) is 6.07 Å². The van der Waals surface area contributed by atoms with Crippen molar-refractivity contribution in [2.75, 3.05) is 36.8 Å². The molecule has 3 N–H and O–H groups in total. The van der Waals surface area contributed by atoms with Gasteiger partial charge in [-0.15, -0.1) is 0 Å². The number of hydrogen-bond donors (Lipinski definition) is 2. The molecule has 0 bridgehead atoms. The third-order valence-electron chi connectivity index (χ3n) is 4.30. The Morgan fingerprint density at radius 1 is 1.38 bits per heavy atom. The van der Waals surface area contributed by atoms with Crippen molar-refractivity contribution < 1.29 is 9.63 Å². The molecule has 1 atom stereocenters. The molecule has 1 amide bonds. The first-order valence-electron chi connectivity index (χ1n) is 8.07. The second kappa shape index (κ2) is 6.50. The van der Waals surface area contributed by atoms with Gasteiger partial charge in [0.15, 0.2) is 0 Å². The lowest BCUT2D eigenvalue weighted by atomic mass is 10.0. The summed E-state index contributed by atoms with van der Waals surface area (Å²) in [5, 5.41) is 4.01. The second-order valence-corrected chi connectivity index (χ2v) is 6.34. The maximum absolute atomic E-state index is 12.5. The summed E-state index contributed by atoms with van der Waals surface area (Å²) >= 11 is 0. The highest BCUT2D eigenvalue weighted by atomic mass is 16.6. The van der Waals surface area contributed by atoms with Gasteiger partial charge in [0.25, 0.3) is 11.5 Å². The number of rotatable bonds is 3. The first-order chi connectivity index (χ1) is 11.4. The Labute approximate surface area is 139 Å². The highest BCUT2D eigenvalue weighted by Gasteiger charge is 2.34. The zero-order valence-corrected chi connectivity index (χ0v) is 13.9. The van der Waals surface area contributed by atoms with Crippen molar-refractivity contribution in [1.29, 1.82) is 0 Å². The number of aromatic amines is 1. The highest BCUT2D eigenvalue weighted by Crippen LogP contribution is 2.19. The first-order valence-corrected chi connectivity index (χ1v) is 8.07. The highest BCUT2D eigenvalue weighted by molar-refractivity contribution is 5.93. The van der Waals surface area contributed by atoms with Crippen LogP contribution >= 0.6 is 0 Å². The van der Waals surface area contributed by atoms with Crippen LogP contribution in [-0.2, 0) is 9.63 Å². The molecule has 1 saturated heterocycles. The predicted octanol–water partition coefficient (Wildman–Crippen LogP) is -0.198. The topological polar surface area (TPSA) is 117 Å². The molecule has 2 aliphatic heterocycles. The molecule has 0 spiro atoms. The number of H-pyrrole nitrogens is 1. The lowest BCUT2D eigenvalue weighted by molar-refractivity contribution is -0.142. The molecule has 0 unspecified atom stereocenters. The van der Waals surface area contributed by atoms with Gasteiger partial charge in [-0.1, -0.05) is 19.0 Å². The van der Waals surface area contributed by atoms with Gasteiger partial charge in [-0.3, -0.25) is 14.6 Å². The third kappa shape index (κ3) is 3.34. The molecule has 130 valence electrons. The number of oxime groups is 1. The Hall–Kier alpha value is -2.58. The average molecular weight is 334 g/mol. The van der Waals surface area contributed by atoms with Crippen molar-refractivity contribution in [3.63, 3.8) is 0 Å². The number of amides is 1. The van der Waals surface area contributed by atoms with E-state index >= 15 is 0 Å². The monoisotopic (exact) mass is 334 g/mol. The average Bonchev–Trinajstić information content (AvgIpc) is 3.03. The van der Waals surface area contributed by atoms with Crippen molar-refractivity contribution >= 4 is 23.4 Å². The second-order valence-electron chi connectivity index (χ2n) is 6.34. The molecule has 3 heterocycles. The summed E-state index contributed by atoms with van der Waals surface area (Å²) in [5.41, 5.74) is 6.22. The van der Waals surface area contributed by atoms with Gasteiger partial charge in [0.1, 0.15) is 5.82 Å². The number of hydrogen-bond acceptors (Lipinski definition) is 7. The van der Waals surface area contributed by atoms with E-state index in [0.717, 1.165) is 5.71 Å². The maximum Gasteiger partial charge on any atom is 0.267 e. The molecule has 2 aliphatic rings. The molecule has 1 fully saturated rings. The van der Waals surface area contributed by atoms with Crippen LogP contribution in [0.4, 0.5) is 11.8 Å². The van der Waals surface area contributed by atoms with Gasteiger partial charge < -0.3 is 20.4 Å². The van der Waals surface area contributed by atoms with Crippen LogP contribution in [0.15, 0.2) is 16.0 Å². The van der Waals surface area contributed by atoms with Crippen LogP contribution in [0.25, 0.3) is 0 Å². The summed E-state index contributed by atoms with van der Waals surface area (Å²) in [6.45, 7) is 6.34. The number of nitrogen functional groups attached to an aromatic ring is 1. The number of anilines is 2. The van der Waals surface area contributed by atoms with Crippen LogP contribution in [0.5, 0.6) is 0 Å². The van der Waals surface area contributed by atoms with Gasteiger partial charge in [-0.25, -0.2) is 0 Å². The van der Waals surface area contributed by atoms with E-state index in [2.05, 4.69) is 15.1 Å². The smallest absolute Gasteiger partial charge is 0.267 e. The van der Waals surface area contributed by atoms with Crippen molar-refractivity contribution in [3.05, 3.63) is 16.4 Å². The lowest BCUT2D eigenvalue weighted by Gasteiger charge is -2.36. The normalized spacial score (nSPS) is 21.0. The maximum atomic E-state index is 12.5. The van der Waals surface area contributed by atoms with E-state index in [1.54, 1.807) is 4.90 Å². The van der Waals surface area contributed by atoms with Crippen molar-refractivity contribution in [1.82, 2.24) is 14.9 Å². The van der Waals surface area contributed by atoms with Crippen LogP contribution in [0.1, 0.15) is 20.3 Å². The fourth-order valence-corrected chi connectivity index (χ4v) is 2.85. The number of nitrogens with two attached hydrogens (primary N) is 1. The summed E-state index contributed by atoms with van der Waals surface area (Å²) in [6, 6.07) is 1.41. The molecule has 1 aromatic heterocycles. The Kier molecular flexibility index (Phi) is 4.41. The number of aromatic nitrogens is 2. The van der Waals surface area contributed by atoms with E-state index in [1.807, 2.05) is 18.7 Å². The SMILES string of the molecule is CC(C)C1=NO[C@@H](C(=O)N2CCN(c3cc(=O)[nH]c(N)n3)CC2)C1. The van der Waals surface area contributed by atoms with Gasteiger partial charge in [-0.05, 0) is 5.92 Å². The molecule has 24 heavy (non-hydrogen) atoms. The lowest BCUT2D eigenvalue weighted by Crippen LogP contribution is -2.52. The standard InChI is InChI=1S/C15H22N6O3/c1-9(2)10-7-11(24-19-10)14(23)21-5-3-20(4-6-21)12-8-13(22)18-15(16)17-12/h8-9,11H,3-7H2,1-2H3,(H3,16,17,18,22)/t11-/m1/s1. The number of carbonyl (C=O) groups is 1. The van der Waals surface area contributed by atoms with E-state index in [4.69, 9.17) is 10.6 Å². The van der Waals surface area contributed by atoms with Gasteiger partial charge in [0, 0.05) is 38.7 Å². The molecular formula is C15H22N6O3. The summed E-state index contributed by atoms with van der Waals surface area (Å²) in [4.78, 5) is 39.6. The molecule has 1 aromatic rings. The summed E-state index contributed by atoms with van der Waals surface area (Å²) in [7, 11) is 0. The molecule has 0 saturated carbocycles. The van der Waals surface area contributed by atoms with Crippen LogP contribution in [0, 0.1) is 5.92 Å².